The van der Waals surface area contributed by atoms with Crippen LogP contribution in [0.5, 0.6) is 0 Å². The minimum Gasteiger partial charge on any atom is -0.469 e. The summed E-state index contributed by atoms with van der Waals surface area (Å²) in [6, 6.07) is 4.33. The lowest BCUT2D eigenvalue weighted by atomic mass is 9.66. The summed E-state index contributed by atoms with van der Waals surface area (Å²) >= 11 is 0. The number of aliphatic hydroxyl groups is 1. The van der Waals surface area contributed by atoms with Crippen LogP contribution in [0.25, 0.3) is 0 Å². The van der Waals surface area contributed by atoms with Gasteiger partial charge in [-0.1, -0.05) is 6.07 Å². The number of benzene rings is 1. The van der Waals surface area contributed by atoms with Gasteiger partial charge in [0, 0.05) is 0 Å². The van der Waals surface area contributed by atoms with Crippen molar-refractivity contribution in [2.75, 3.05) is 7.11 Å². The van der Waals surface area contributed by atoms with Gasteiger partial charge in [-0.15, -0.1) is 0 Å². The molecular formula is C13H15FO3. The monoisotopic (exact) mass is 238 g/mol. The Balaban J connectivity index is 2.19. The smallest absolute Gasteiger partial charge is 0.308 e. The molecule has 92 valence electrons. The van der Waals surface area contributed by atoms with E-state index < -0.39 is 5.60 Å². The second-order valence-corrected chi connectivity index (χ2v) is 4.62. The van der Waals surface area contributed by atoms with Crippen molar-refractivity contribution in [2.24, 2.45) is 5.92 Å². The SMILES string of the molecule is COC(=O)C1CC(O)(c2cc(F)ccc2C)C1. The fourth-order valence-corrected chi connectivity index (χ4v) is 2.40. The first-order valence-electron chi connectivity index (χ1n) is 5.53. The Bertz CT molecular complexity index is 450. The maximum absolute atomic E-state index is 13.2. The number of hydrogen-bond acceptors (Lipinski definition) is 3. The minimum atomic E-state index is -1.09. The number of carbonyl (C=O) groups excluding carboxylic acids is 1. The van der Waals surface area contributed by atoms with E-state index in [9.17, 15) is 14.3 Å². The van der Waals surface area contributed by atoms with Crippen molar-refractivity contribution in [3.05, 3.63) is 35.1 Å². The number of methoxy groups -OCH3 is 1. The van der Waals surface area contributed by atoms with Gasteiger partial charge in [0.15, 0.2) is 0 Å². The van der Waals surface area contributed by atoms with Crippen LogP contribution in [0.2, 0.25) is 0 Å². The van der Waals surface area contributed by atoms with E-state index in [2.05, 4.69) is 4.74 Å². The van der Waals surface area contributed by atoms with E-state index in [4.69, 9.17) is 0 Å². The van der Waals surface area contributed by atoms with Crippen molar-refractivity contribution in [1.29, 1.82) is 0 Å². The van der Waals surface area contributed by atoms with E-state index in [1.807, 2.05) is 6.92 Å². The molecule has 0 atom stereocenters. The summed E-state index contributed by atoms with van der Waals surface area (Å²) in [5, 5.41) is 10.3. The summed E-state index contributed by atoms with van der Waals surface area (Å²) in [4.78, 5) is 11.3. The van der Waals surface area contributed by atoms with E-state index in [0.717, 1.165) is 5.56 Å². The lowest BCUT2D eigenvalue weighted by Crippen LogP contribution is -2.45. The van der Waals surface area contributed by atoms with E-state index in [1.54, 1.807) is 6.07 Å². The van der Waals surface area contributed by atoms with Crippen LogP contribution in [-0.4, -0.2) is 18.2 Å². The van der Waals surface area contributed by atoms with Crippen molar-refractivity contribution in [2.45, 2.75) is 25.4 Å². The molecule has 0 bridgehead atoms. The summed E-state index contributed by atoms with van der Waals surface area (Å²) in [5.74, 6) is -0.975. The van der Waals surface area contributed by atoms with Gasteiger partial charge in [-0.25, -0.2) is 4.39 Å². The largest absolute Gasteiger partial charge is 0.469 e. The fraction of sp³-hybridized carbons (Fsp3) is 0.462. The number of rotatable bonds is 2. The molecular weight excluding hydrogens is 223 g/mol. The van der Waals surface area contributed by atoms with Crippen molar-refractivity contribution in [3.63, 3.8) is 0 Å². The Kier molecular flexibility index (Phi) is 2.91. The first-order chi connectivity index (χ1) is 7.96. The average molecular weight is 238 g/mol. The molecule has 17 heavy (non-hydrogen) atoms. The zero-order valence-corrected chi connectivity index (χ0v) is 9.87. The van der Waals surface area contributed by atoms with Crippen molar-refractivity contribution < 1.29 is 19.0 Å². The number of aryl methyl sites for hydroxylation is 1. The number of carbonyl (C=O) groups is 1. The number of esters is 1. The quantitative estimate of drug-likeness (QED) is 0.800. The first-order valence-corrected chi connectivity index (χ1v) is 5.53. The van der Waals surface area contributed by atoms with Crippen LogP contribution < -0.4 is 0 Å². The Labute approximate surface area is 99.2 Å². The van der Waals surface area contributed by atoms with Crippen molar-refractivity contribution >= 4 is 5.97 Å². The summed E-state index contributed by atoms with van der Waals surface area (Å²) < 4.78 is 17.8. The molecule has 0 spiro atoms. The van der Waals surface area contributed by atoms with E-state index in [0.29, 0.717) is 18.4 Å². The number of hydrogen-bond donors (Lipinski definition) is 1. The van der Waals surface area contributed by atoms with Gasteiger partial charge < -0.3 is 9.84 Å². The molecule has 1 saturated carbocycles. The fourth-order valence-electron chi connectivity index (χ4n) is 2.40. The number of ether oxygens (including phenoxy) is 1. The van der Waals surface area contributed by atoms with E-state index in [-0.39, 0.29) is 17.7 Å². The molecule has 1 N–H and O–H groups in total. The van der Waals surface area contributed by atoms with Gasteiger partial charge in [-0.2, -0.15) is 0 Å². The number of halogens is 1. The normalized spacial score (nSPS) is 27.4. The summed E-state index contributed by atoms with van der Waals surface area (Å²) in [5.41, 5.74) is 0.306. The van der Waals surface area contributed by atoms with E-state index >= 15 is 0 Å². The second-order valence-electron chi connectivity index (χ2n) is 4.62. The predicted molar refractivity (Wildman–Crippen MR) is 59.8 cm³/mol. The van der Waals surface area contributed by atoms with Gasteiger partial charge in [0.2, 0.25) is 0 Å². The van der Waals surface area contributed by atoms with Gasteiger partial charge >= 0.3 is 5.97 Å². The van der Waals surface area contributed by atoms with Crippen LogP contribution in [0.1, 0.15) is 24.0 Å². The molecule has 1 aliphatic rings. The second kappa shape index (κ2) is 4.11. The predicted octanol–water partition coefficient (Wildman–Crippen LogP) is 1.90. The minimum absolute atomic E-state index is 0.285. The Morgan fingerprint density at radius 1 is 1.53 bits per heavy atom. The molecule has 0 unspecified atom stereocenters. The molecule has 1 aromatic rings. The Morgan fingerprint density at radius 2 is 2.18 bits per heavy atom. The van der Waals surface area contributed by atoms with Crippen LogP contribution in [0.4, 0.5) is 4.39 Å². The summed E-state index contributed by atoms with van der Waals surface area (Å²) in [6.45, 7) is 1.82. The molecule has 1 aliphatic carbocycles. The summed E-state index contributed by atoms with van der Waals surface area (Å²) in [7, 11) is 1.33. The molecule has 3 nitrogen and oxygen atoms in total. The molecule has 1 aromatic carbocycles. The van der Waals surface area contributed by atoms with Crippen molar-refractivity contribution in [1.82, 2.24) is 0 Å². The lowest BCUT2D eigenvalue weighted by molar-refractivity contribution is -0.163. The van der Waals surface area contributed by atoms with Gasteiger partial charge in [0.05, 0.1) is 18.6 Å². The molecule has 0 saturated heterocycles. The molecule has 0 aromatic heterocycles. The maximum Gasteiger partial charge on any atom is 0.308 e. The van der Waals surface area contributed by atoms with Crippen LogP contribution >= 0.6 is 0 Å². The highest BCUT2D eigenvalue weighted by molar-refractivity contribution is 5.74. The molecule has 4 heteroatoms. The van der Waals surface area contributed by atoms with E-state index in [1.165, 1.54) is 19.2 Å². The topological polar surface area (TPSA) is 46.5 Å². The third-order valence-electron chi connectivity index (χ3n) is 3.40. The van der Waals surface area contributed by atoms with Gasteiger partial charge in [0.1, 0.15) is 5.82 Å². The first kappa shape index (κ1) is 12.0. The van der Waals surface area contributed by atoms with Gasteiger partial charge in [-0.05, 0) is 43.0 Å². The molecule has 0 amide bonds. The molecule has 2 rings (SSSR count). The van der Waals surface area contributed by atoms with Gasteiger partial charge in [0.25, 0.3) is 0 Å². The average Bonchev–Trinajstić information content (AvgIpc) is 2.27. The zero-order chi connectivity index (χ0) is 12.6. The van der Waals surface area contributed by atoms with Crippen LogP contribution in [0.15, 0.2) is 18.2 Å². The highest BCUT2D eigenvalue weighted by Crippen LogP contribution is 2.47. The zero-order valence-electron chi connectivity index (χ0n) is 9.87. The van der Waals surface area contributed by atoms with Crippen LogP contribution in [0.3, 0.4) is 0 Å². The molecule has 0 heterocycles. The lowest BCUT2D eigenvalue weighted by Gasteiger charge is -2.43. The molecule has 0 radical (unpaired) electrons. The third kappa shape index (κ3) is 2.05. The Morgan fingerprint density at radius 3 is 2.76 bits per heavy atom. The van der Waals surface area contributed by atoms with Crippen LogP contribution in [0, 0.1) is 18.7 Å². The van der Waals surface area contributed by atoms with Crippen molar-refractivity contribution in [3.8, 4) is 0 Å². The third-order valence-corrected chi connectivity index (χ3v) is 3.40. The molecule has 1 fully saturated rings. The maximum atomic E-state index is 13.2. The highest BCUT2D eigenvalue weighted by atomic mass is 19.1. The molecule has 0 aliphatic heterocycles. The summed E-state index contributed by atoms with van der Waals surface area (Å²) in [6.07, 6.45) is 0.591. The van der Waals surface area contributed by atoms with Gasteiger partial charge in [-0.3, -0.25) is 4.79 Å². The highest BCUT2D eigenvalue weighted by Gasteiger charge is 2.48. The standard InChI is InChI=1S/C13H15FO3/c1-8-3-4-10(14)5-11(8)13(16)6-9(7-13)12(15)17-2/h3-5,9,16H,6-7H2,1-2H3. The Hall–Kier alpha value is -1.42. The van der Waals surface area contributed by atoms with Crippen LogP contribution in [-0.2, 0) is 15.1 Å².